The van der Waals surface area contributed by atoms with Crippen LogP contribution < -0.4 is 21.3 Å². The highest BCUT2D eigenvalue weighted by atomic mass is 16.5. The van der Waals surface area contributed by atoms with Gasteiger partial charge in [-0.05, 0) is 29.7 Å². The molecule has 0 aliphatic carbocycles. The number of nitrogens with zero attached hydrogens (tertiary/aromatic N) is 1. The van der Waals surface area contributed by atoms with E-state index in [9.17, 15) is 48.6 Å². The molecule has 6 N–H and O–H groups in total. The van der Waals surface area contributed by atoms with E-state index in [0.29, 0.717) is 16.8 Å². The number of ether oxygens (including phenoxy) is 1. The molecule has 1 aliphatic heterocycles. The lowest BCUT2D eigenvalue weighted by Gasteiger charge is -2.24. The quantitative estimate of drug-likeness (QED) is 0.0872. The van der Waals surface area contributed by atoms with Gasteiger partial charge in [-0.3, -0.25) is 43.3 Å². The van der Waals surface area contributed by atoms with Gasteiger partial charge in [0.1, 0.15) is 24.7 Å². The van der Waals surface area contributed by atoms with Gasteiger partial charge in [0, 0.05) is 50.6 Å². The zero-order valence-electron chi connectivity index (χ0n) is 26.5. The minimum absolute atomic E-state index is 0.0172. The molecule has 0 fully saturated rings. The normalized spacial score (nSPS) is 14.0. The van der Waals surface area contributed by atoms with Crippen LogP contribution in [0.3, 0.4) is 0 Å². The summed E-state index contributed by atoms with van der Waals surface area (Å²) in [5, 5.41) is 29.0. The molecule has 260 valence electrons. The Bertz CT molecular complexity index is 1560. The van der Waals surface area contributed by atoms with Crippen LogP contribution in [0.25, 0.3) is 0 Å². The van der Waals surface area contributed by atoms with Crippen LogP contribution >= 0.6 is 0 Å². The highest BCUT2D eigenvalue weighted by Gasteiger charge is 2.30. The van der Waals surface area contributed by atoms with Crippen molar-refractivity contribution in [2.45, 2.75) is 57.3 Å². The third-order valence-electron chi connectivity index (χ3n) is 7.16. The Morgan fingerprint density at radius 2 is 1.37 bits per heavy atom. The highest BCUT2D eigenvalue weighted by molar-refractivity contribution is 6.13. The number of amides is 6. The maximum absolute atomic E-state index is 13.4. The van der Waals surface area contributed by atoms with Gasteiger partial charge in [0.15, 0.2) is 0 Å². The number of rotatable bonds is 18. The zero-order valence-corrected chi connectivity index (χ0v) is 26.5. The molecule has 16 nitrogen and oxygen atoms in total. The van der Waals surface area contributed by atoms with E-state index in [1.807, 2.05) is 0 Å². The van der Waals surface area contributed by atoms with E-state index in [-0.39, 0.29) is 32.4 Å². The van der Waals surface area contributed by atoms with Crippen LogP contribution in [0.5, 0.6) is 0 Å². The van der Waals surface area contributed by atoms with E-state index < -0.39 is 78.5 Å². The molecule has 0 spiro atoms. The predicted molar refractivity (Wildman–Crippen MR) is 171 cm³/mol. The van der Waals surface area contributed by atoms with Crippen molar-refractivity contribution in [3.8, 4) is 0 Å². The summed E-state index contributed by atoms with van der Waals surface area (Å²) in [6.45, 7) is 0.144. The first-order valence-electron chi connectivity index (χ1n) is 15.2. The predicted octanol–water partition coefficient (Wildman–Crippen LogP) is -0.442. The molecular formula is C33H37N5O11. The molecule has 49 heavy (non-hydrogen) atoms. The molecule has 3 rings (SSSR count). The zero-order chi connectivity index (χ0) is 35.9. The van der Waals surface area contributed by atoms with Gasteiger partial charge in [0.05, 0.1) is 6.61 Å². The molecule has 2 aromatic rings. The van der Waals surface area contributed by atoms with E-state index in [1.54, 1.807) is 42.5 Å². The van der Waals surface area contributed by atoms with Crippen LogP contribution in [0.1, 0.15) is 37.3 Å². The van der Waals surface area contributed by atoms with Gasteiger partial charge < -0.3 is 36.2 Å². The summed E-state index contributed by atoms with van der Waals surface area (Å²) >= 11 is 0. The molecule has 0 unspecified atom stereocenters. The number of carbonyl (C=O) groups excluding carboxylic acids is 7. The van der Waals surface area contributed by atoms with Crippen LogP contribution in [-0.4, -0.2) is 93.8 Å². The van der Waals surface area contributed by atoms with Crippen molar-refractivity contribution in [2.75, 3.05) is 18.5 Å². The van der Waals surface area contributed by atoms with Crippen molar-refractivity contribution >= 4 is 53.1 Å². The number of carboxylic acids is 1. The van der Waals surface area contributed by atoms with E-state index in [1.165, 1.54) is 19.1 Å². The molecule has 0 saturated heterocycles. The third-order valence-corrected chi connectivity index (χ3v) is 7.16. The lowest BCUT2D eigenvalue weighted by Crippen LogP contribution is -2.58. The Balaban J connectivity index is 1.67. The lowest BCUT2D eigenvalue weighted by atomic mass is 10.0. The number of hydrogen-bond donors (Lipinski definition) is 6. The number of aliphatic hydroxyl groups excluding tert-OH is 1. The number of aliphatic carboxylic acids is 1. The number of nitrogens with one attached hydrogen (secondary N) is 4. The topological polar surface area (TPSA) is 238 Å². The Kier molecular flexibility index (Phi) is 14.1. The summed E-state index contributed by atoms with van der Waals surface area (Å²) in [5.74, 6) is -6.14. The average Bonchev–Trinajstić information content (AvgIpc) is 3.39. The van der Waals surface area contributed by atoms with Crippen LogP contribution in [0.2, 0.25) is 0 Å². The molecule has 0 saturated carbocycles. The third kappa shape index (κ3) is 12.3. The van der Waals surface area contributed by atoms with Crippen LogP contribution in [-0.2, 0) is 56.1 Å². The maximum Gasteiger partial charge on any atom is 0.303 e. The van der Waals surface area contributed by atoms with E-state index >= 15 is 0 Å². The molecule has 16 heteroatoms. The van der Waals surface area contributed by atoms with Gasteiger partial charge >= 0.3 is 11.9 Å². The molecule has 0 aromatic heterocycles. The summed E-state index contributed by atoms with van der Waals surface area (Å²) in [4.78, 5) is 99.2. The number of benzene rings is 2. The smallest absolute Gasteiger partial charge is 0.303 e. The summed E-state index contributed by atoms with van der Waals surface area (Å²) in [6.07, 6.45) is 1.00. The number of carbonyl (C=O) groups is 8. The molecular weight excluding hydrogens is 642 g/mol. The van der Waals surface area contributed by atoms with Crippen LogP contribution in [0.4, 0.5) is 5.69 Å². The van der Waals surface area contributed by atoms with Crippen LogP contribution in [0, 0.1) is 0 Å². The SMILES string of the molecule is CC(=O)OCc1ccc(NC(=O)[C@H](CCC(=O)O)NC(=O)[C@H](CO)NC(=O)[C@H](Cc2ccccc2)NC(=O)CCN2C(=O)C=CC2=O)cc1. The number of anilines is 1. The summed E-state index contributed by atoms with van der Waals surface area (Å²) in [5.41, 5.74) is 1.58. The fraction of sp³-hybridized carbons (Fsp3) is 0.333. The Labute approximate surface area is 280 Å². The first-order valence-corrected chi connectivity index (χ1v) is 15.2. The van der Waals surface area contributed by atoms with Gasteiger partial charge in [-0.15, -0.1) is 0 Å². The molecule has 3 atom stereocenters. The number of hydrogen-bond acceptors (Lipinski definition) is 10. The Morgan fingerprint density at radius 1 is 0.755 bits per heavy atom. The van der Waals surface area contributed by atoms with Crippen molar-refractivity contribution < 1.29 is 53.3 Å². The largest absolute Gasteiger partial charge is 0.481 e. The van der Waals surface area contributed by atoms with Gasteiger partial charge in [-0.1, -0.05) is 42.5 Å². The fourth-order valence-electron chi connectivity index (χ4n) is 4.56. The van der Waals surface area contributed by atoms with Gasteiger partial charge in [0.25, 0.3) is 11.8 Å². The fourth-order valence-corrected chi connectivity index (χ4v) is 4.56. The standard InChI is InChI=1S/C33H37N5O11/c1-20(40)49-19-22-7-9-23(10-8-22)34-31(46)24(11-14-30(44)45)36-33(48)26(18-39)37-32(47)25(17-21-5-3-2-4-6-21)35-27(41)15-16-38-28(42)12-13-29(38)43/h2-10,12-13,24-26,39H,11,14-19H2,1H3,(H,34,46)(H,35,41)(H,36,48)(H,37,47)(H,44,45)/t24-,25-,26-/m0/s1. The van der Waals surface area contributed by atoms with E-state index in [4.69, 9.17) is 4.74 Å². The number of aliphatic hydroxyl groups is 1. The van der Waals surface area contributed by atoms with Crippen molar-refractivity contribution in [2.24, 2.45) is 0 Å². The number of imide groups is 1. The number of carboxylic acid groups (broad SMARTS) is 1. The highest BCUT2D eigenvalue weighted by Crippen LogP contribution is 2.13. The maximum atomic E-state index is 13.4. The van der Waals surface area contributed by atoms with Gasteiger partial charge in [-0.2, -0.15) is 0 Å². The van der Waals surface area contributed by atoms with Crippen molar-refractivity contribution in [1.82, 2.24) is 20.9 Å². The second-order valence-electron chi connectivity index (χ2n) is 10.9. The van der Waals surface area contributed by atoms with E-state index in [2.05, 4.69) is 21.3 Å². The summed E-state index contributed by atoms with van der Waals surface area (Å²) in [7, 11) is 0. The van der Waals surface area contributed by atoms with Crippen molar-refractivity contribution in [3.05, 3.63) is 77.9 Å². The van der Waals surface area contributed by atoms with Crippen molar-refractivity contribution in [1.29, 1.82) is 0 Å². The summed E-state index contributed by atoms with van der Waals surface area (Å²) < 4.78 is 4.92. The van der Waals surface area contributed by atoms with Crippen LogP contribution in [0.15, 0.2) is 66.7 Å². The number of esters is 1. The Hall–Kier alpha value is -5.90. The van der Waals surface area contributed by atoms with Gasteiger partial charge in [-0.25, -0.2) is 0 Å². The molecule has 1 aliphatic rings. The monoisotopic (exact) mass is 679 g/mol. The molecule has 2 aromatic carbocycles. The second kappa shape index (κ2) is 18.4. The van der Waals surface area contributed by atoms with E-state index in [0.717, 1.165) is 17.1 Å². The molecule has 6 amide bonds. The molecule has 0 bridgehead atoms. The second-order valence-corrected chi connectivity index (χ2v) is 10.9. The molecule has 0 radical (unpaired) electrons. The summed E-state index contributed by atoms with van der Waals surface area (Å²) in [6, 6.07) is 10.6. The first kappa shape index (κ1) is 37.6. The van der Waals surface area contributed by atoms with Crippen molar-refractivity contribution in [3.63, 3.8) is 0 Å². The minimum Gasteiger partial charge on any atom is -0.481 e. The average molecular weight is 680 g/mol. The first-order chi connectivity index (χ1) is 23.4. The molecule has 1 heterocycles. The minimum atomic E-state index is -1.60. The van der Waals surface area contributed by atoms with Gasteiger partial charge in [0.2, 0.25) is 23.6 Å². The Morgan fingerprint density at radius 3 is 1.96 bits per heavy atom. The lowest BCUT2D eigenvalue weighted by molar-refractivity contribution is -0.142.